The van der Waals surface area contributed by atoms with Crippen molar-refractivity contribution in [3.8, 4) is 44.5 Å². The number of imide groups is 1. The molecule has 1 fully saturated rings. The number of methoxy groups -OCH3 is 2. The van der Waals surface area contributed by atoms with E-state index in [9.17, 15) is 24.0 Å². The van der Waals surface area contributed by atoms with Gasteiger partial charge in [-0.15, -0.1) is 0 Å². The number of hydrogen-bond donors (Lipinski definition) is 2. The summed E-state index contributed by atoms with van der Waals surface area (Å²) in [5, 5.41) is 6.27. The van der Waals surface area contributed by atoms with Gasteiger partial charge in [-0.1, -0.05) is 98.3 Å². The number of nitrogens with one attached hydrogen (secondary N) is 2. The number of aryl methyl sites for hydroxylation is 2. The molecule has 1 aliphatic heterocycles. The van der Waals surface area contributed by atoms with Crippen molar-refractivity contribution in [2.75, 3.05) is 338 Å². The molecular formula is C110H165N3O29. The predicted molar refractivity (Wildman–Crippen MR) is 540 cm³/mol. The maximum atomic E-state index is 13.1. The van der Waals surface area contributed by atoms with E-state index < -0.39 is 5.41 Å². The molecule has 3 aliphatic carbocycles. The fourth-order valence-corrected chi connectivity index (χ4v) is 17.7. The maximum absolute atomic E-state index is 13.1. The Balaban J connectivity index is 0.695. The molecule has 142 heavy (non-hydrogen) atoms. The number of ketones is 1. The van der Waals surface area contributed by atoms with Gasteiger partial charge in [-0.2, -0.15) is 0 Å². The number of rotatable bonds is 91. The Labute approximate surface area is 843 Å². The van der Waals surface area contributed by atoms with Gasteiger partial charge in [-0.25, -0.2) is 0 Å². The van der Waals surface area contributed by atoms with Gasteiger partial charge in [-0.05, 0) is 180 Å². The van der Waals surface area contributed by atoms with Crippen LogP contribution in [0.3, 0.4) is 0 Å². The zero-order chi connectivity index (χ0) is 100. The highest BCUT2D eigenvalue weighted by atomic mass is 16.6. The first-order valence-corrected chi connectivity index (χ1v) is 51.8. The molecule has 4 amide bonds. The molecule has 0 aromatic heterocycles. The monoisotopic (exact) mass is 1990 g/mol. The smallest absolute Gasteiger partial charge is 0.253 e. The van der Waals surface area contributed by atoms with E-state index in [1.165, 1.54) is 72.7 Å². The second kappa shape index (κ2) is 73.7. The molecule has 794 valence electrons. The topological polar surface area (TPSA) is 334 Å². The first kappa shape index (κ1) is 118. The minimum Gasteiger partial charge on any atom is -0.382 e. The number of carbonyl (C=O) groups excluding carboxylic acids is 5. The Kier molecular flexibility index (Phi) is 61.3. The molecule has 1 atom stereocenters. The third-order valence-corrected chi connectivity index (χ3v) is 25.4. The summed E-state index contributed by atoms with van der Waals surface area (Å²) in [6.45, 7) is 30.2. The lowest BCUT2D eigenvalue weighted by Gasteiger charge is -2.33. The average Bonchev–Trinajstić information content (AvgIpc) is 1.57. The lowest BCUT2D eigenvalue weighted by molar-refractivity contribution is -0.138. The van der Waals surface area contributed by atoms with Gasteiger partial charge in [0.05, 0.1) is 291 Å². The van der Waals surface area contributed by atoms with Crippen LogP contribution in [0.4, 0.5) is 0 Å². The van der Waals surface area contributed by atoms with Gasteiger partial charge in [0.25, 0.3) is 11.8 Å². The molecule has 9 rings (SSSR count). The zero-order valence-electron chi connectivity index (χ0n) is 85.6. The van der Waals surface area contributed by atoms with Crippen LogP contribution in [0.2, 0.25) is 0 Å². The number of amides is 4. The van der Waals surface area contributed by atoms with Crippen molar-refractivity contribution in [2.24, 2.45) is 11.8 Å². The lowest BCUT2D eigenvalue weighted by atomic mass is 9.70. The summed E-state index contributed by atoms with van der Waals surface area (Å²) in [6, 6.07) is 36.5. The van der Waals surface area contributed by atoms with Gasteiger partial charge < -0.3 is 124 Å². The van der Waals surface area contributed by atoms with Gasteiger partial charge in [-0.3, -0.25) is 28.9 Å². The van der Waals surface area contributed by atoms with Gasteiger partial charge in [0.2, 0.25) is 11.8 Å². The minimum absolute atomic E-state index is 0.0191. The van der Waals surface area contributed by atoms with Crippen molar-refractivity contribution >= 4 is 29.4 Å². The molecular weight excluding hydrogens is 1830 g/mol. The Morgan fingerprint density at radius 3 is 0.986 bits per heavy atom. The Hall–Kier alpha value is -7.37. The van der Waals surface area contributed by atoms with Crippen LogP contribution in [0.15, 0.2) is 109 Å². The highest BCUT2D eigenvalue weighted by molar-refractivity contribution is 6.12. The van der Waals surface area contributed by atoms with Crippen molar-refractivity contribution in [3.63, 3.8) is 0 Å². The number of Topliss-reactive ketones (excluding diaryl/α,β-unsaturated/α-hetero) is 1. The lowest BCUT2D eigenvalue weighted by Crippen LogP contribution is -2.38. The standard InChI is InChI=1S/C110H165N3O29/c1-6-105(115)111-36-34-109(3)101-84-93(91-19-15-89(16-20-91)11-7-12-96(114)13-8-35-112-108(118)92-21-17-90(18-22-92)87-113-106(116)30-31-107(113)117)23-27-97(101)98-28-24-94(85-102(98)109)95-25-29-100-99-26-14-88(2)83-103(99)110(104(100)86-95,32-9-37-121-43-45-125-51-53-129-59-61-133-67-69-137-75-77-141-81-79-139-73-71-135-65-63-131-57-55-127-49-47-123-41-39-119-4)33-10-38-122-44-46-126-52-54-130-60-62-134-68-70-138-76-78-142-82-80-140-74-72-136-66-64-132-58-56-128-50-48-124-42-40-120-5/h14-16,19-20,23-31,83-86,90,92H,6-13,17-18,21-22,32-82,87H2,1-5H3,(H,111,115)(H,112,118). The summed E-state index contributed by atoms with van der Waals surface area (Å²) < 4.78 is 135. The second-order valence-electron chi connectivity index (χ2n) is 35.7. The first-order chi connectivity index (χ1) is 69.8. The first-order valence-electron chi connectivity index (χ1n) is 51.8. The molecule has 1 saturated carbocycles. The van der Waals surface area contributed by atoms with Crippen LogP contribution in [-0.4, -0.2) is 372 Å². The van der Waals surface area contributed by atoms with E-state index in [0.29, 0.717) is 356 Å². The van der Waals surface area contributed by atoms with Crippen molar-refractivity contribution in [3.05, 3.63) is 143 Å². The van der Waals surface area contributed by atoms with E-state index >= 15 is 0 Å². The number of nitrogens with zero attached hydrogens (tertiary/aromatic N) is 1. The molecule has 1 heterocycles. The van der Waals surface area contributed by atoms with E-state index in [0.717, 1.165) is 86.5 Å². The summed E-state index contributed by atoms with van der Waals surface area (Å²) in [4.78, 5) is 64.5. The van der Waals surface area contributed by atoms with E-state index in [-0.39, 0.29) is 46.7 Å². The average molecular weight is 1990 g/mol. The molecule has 32 nitrogen and oxygen atoms in total. The molecule has 32 heteroatoms. The highest BCUT2D eigenvalue weighted by Crippen LogP contribution is 2.57. The molecule has 5 aromatic rings. The van der Waals surface area contributed by atoms with E-state index in [2.05, 4.69) is 122 Å². The predicted octanol–water partition coefficient (Wildman–Crippen LogP) is 12.5. The second-order valence-corrected chi connectivity index (χ2v) is 35.7. The molecule has 0 bridgehead atoms. The van der Waals surface area contributed by atoms with Crippen LogP contribution in [0.5, 0.6) is 0 Å². The molecule has 2 N–H and O–H groups in total. The third-order valence-electron chi connectivity index (χ3n) is 25.4. The number of benzene rings is 5. The van der Waals surface area contributed by atoms with Crippen LogP contribution < -0.4 is 10.6 Å². The van der Waals surface area contributed by atoms with Crippen LogP contribution >= 0.6 is 0 Å². The molecule has 4 aliphatic rings. The Morgan fingerprint density at radius 2 is 0.634 bits per heavy atom. The SMILES string of the molecule is CCC(=O)NCCC1(C)c2cc(-c3ccc(CCCC(=O)CCCNC(=O)C4CCC(CN5C(=O)C=CC5=O)CC4)cc3)ccc2-c2ccc(-c3ccc4c(c3)C(CCCOCCOCCOCCOCCOCCOCCOCCOCCOCCOCCOCCOC)(CCCOCCOCCOCCOCCOCCOCCOCCOCCOCCOCCOCCOC)c3cc(C)ccc3-4)cc21. The quantitative estimate of drug-likeness (QED) is 0.0270. The fraction of sp³-hybridized carbons (Fsp3) is 0.664. The summed E-state index contributed by atoms with van der Waals surface area (Å²) in [5.74, 6) is -0.178. The van der Waals surface area contributed by atoms with Crippen LogP contribution in [0.25, 0.3) is 44.5 Å². The minimum atomic E-state index is -0.448. The van der Waals surface area contributed by atoms with Crippen LogP contribution in [0.1, 0.15) is 137 Å². The Bertz CT molecular complexity index is 4190. The van der Waals surface area contributed by atoms with E-state index in [4.69, 9.17) is 114 Å². The number of ether oxygens (including phenoxy) is 24. The Morgan fingerprint density at radius 1 is 0.331 bits per heavy atom. The van der Waals surface area contributed by atoms with Crippen LogP contribution in [0, 0.1) is 18.8 Å². The van der Waals surface area contributed by atoms with Crippen molar-refractivity contribution < 1.29 is 138 Å². The summed E-state index contributed by atoms with van der Waals surface area (Å²) in [7, 11) is 3.29. The van der Waals surface area contributed by atoms with Crippen molar-refractivity contribution in [1.29, 1.82) is 0 Å². The van der Waals surface area contributed by atoms with Gasteiger partial charge in [0.15, 0.2) is 0 Å². The zero-order valence-corrected chi connectivity index (χ0v) is 85.6. The van der Waals surface area contributed by atoms with E-state index in [1.54, 1.807) is 14.2 Å². The molecule has 1 unspecified atom stereocenters. The normalized spacial score (nSPS) is 15.7. The highest BCUT2D eigenvalue weighted by Gasteiger charge is 2.44. The summed E-state index contributed by atoms with van der Waals surface area (Å²) in [6.07, 6.45) is 13.1. The maximum Gasteiger partial charge on any atom is 0.253 e. The number of hydrogen-bond acceptors (Lipinski definition) is 29. The van der Waals surface area contributed by atoms with Crippen molar-refractivity contribution in [2.45, 2.75) is 128 Å². The van der Waals surface area contributed by atoms with Gasteiger partial charge in [0.1, 0.15) is 5.78 Å². The summed E-state index contributed by atoms with van der Waals surface area (Å²) >= 11 is 0. The van der Waals surface area contributed by atoms with Gasteiger partial charge in [0, 0.05) is 95.2 Å². The summed E-state index contributed by atoms with van der Waals surface area (Å²) in [5.41, 5.74) is 16.0. The van der Waals surface area contributed by atoms with Crippen molar-refractivity contribution in [1.82, 2.24) is 15.5 Å². The van der Waals surface area contributed by atoms with Crippen LogP contribution in [-0.2, 0) is 155 Å². The number of carbonyl (C=O) groups is 5. The molecule has 0 spiro atoms. The van der Waals surface area contributed by atoms with Gasteiger partial charge >= 0.3 is 0 Å². The third kappa shape index (κ3) is 45.1. The fourth-order valence-electron chi connectivity index (χ4n) is 17.7. The molecule has 0 saturated heterocycles. The largest absolute Gasteiger partial charge is 0.382 e. The molecule has 5 aromatic carbocycles. The number of fused-ring (bicyclic) bond motifs is 6. The van der Waals surface area contributed by atoms with E-state index in [1.807, 2.05) is 6.92 Å². The molecule has 0 radical (unpaired) electrons.